The standard InChI is InChI=1S/C22H20ClF3N4O3S/c1-29-11-10-19(28-29)34(32,33)30-12-16(14-6-3-2-4-7-14)18(13-30)27-21(31)15-8-5-9-17(20(15)23)22(24,25)26/h2-11,16,18H,12-13H2,1H3,(H,27,31)/t16-,18+/m0/s1. The van der Waals surface area contributed by atoms with E-state index < -0.39 is 44.7 Å². The quantitative estimate of drug-likeness (QED) is 0.565. The first kappa shape index (κ1) is 24.2. The van der Waals surface area contributed by atoms with Crippen molar-refractivity contribution in [1.29, 1.82) is 0 Å². The number of amides is 1. The van der Waals surface area contributed by atoms with Crippen LogP contribution in [-0.2, 0) is 23.2 Å². The zero-order chi connectivity index (χ0) is 24.7. The van der Waals surface area contributed by atoms with Crippen molar-refractivity contribution in [3.8, 4) is 0 Å². The van der Waals surface area contributed by atoms with Crippen LogP contribution < -0.4 is 5.32 Å². The van der Waals surface area contributed by atoms with Gasteiger partial charge in [0.25, 0.3) is 15.9 Å². The van der Waals surface area contributed by atoms with Crippen molar-refractivity contribution in [3.63, 3.8) is 0 Å². The van der Waals surface area contributed by atoms with Gasteiger partial charge in [-0.3, -0.25) is 9.48 Å². The van der Waals surface area contributed by atoms with E-state index in [0.29, 0.717) is 0 Å². The van der Waals surface area contributed by atoms with Crippen LogP contribution in [0.2, 0.25) is 5.02 Å². The molecule has 0 spiro atoms. The van der Waals surface area contributed by atoms with Crippen LogP contribution in [0, 0.1) is 0 Å². The number of nitrogens with one attached hydrogen (secondary N) is 1. The number of carbonyl (C=O) groups is 1. The number of sulfonamides is 1. The fourth-order valence-corrected chi connectivity index (χ4v) is 5.75. The first-order chi connectivity index (χ1) is 16.0. The summed E-state index contributed by atoms with van der Waals surface area (Å²) in [5.74, 6) is -1.26. The molecule has 1 amide bonds. The van der Waals surface area contributed by atoms with Gasteiger partial charge in [0.15, 0.2) is 5.03 Å². The van der Waals surface area contributed by atoms with Crippen LogP contribution in [-0.4, -0.2) is 47.5 Å². The van der Waals surface area contributed by atoms with E-state index >= 15 is 0 Å². The fraction of sp³-hybridized carbons (Fsp3) is 0.273. The van der Waals surface area contributed by atoms with Gasteiger partial charge >= 0.3 is 6.18 Å². The maximum Gasteiger partial charge on any atom is 0.417 e. The molecule has 0 bridgehead atoms. The minimum atomic E-state index is -4.72. The highest BCUT2D eigenvalue weighted by Crippen LogP contribution is 2.37. The number of nitrogens with zero attached hydrogens (tertiary/aromatic N) is 3. The highest BCUT2D eigenvalue weighted by atomic mass is 35.5. The van der Waals surface area contributed by atoms with Crippen LogP contribution in [0.5, 0.6) is 0 Å². The van der Waals surface area contributed by atoms with E-state index in [1.165, 1.54) is 27.3 Å². The molecule has 0 radical (unpaired) electrons. The number of rotatable bonds is 5. The van der Waals surface area contributed by atoms with Crippen molar-refractivity contribution in [2.75, 3.05) is 13.1 Å². The number of aryl methyl sites for hydroxylation is 1. The topological polar surface area (TPSA) is 84.3 Å². The van der Waals surface area contributed by atoms with Gasteiger partial charge < -0.3 is 5.32 Å². The molecule has 1 saturated heterocycles. The Balaban J connectivity index is 1.65. The third-order valence-corrected chi connectivity index (χ3v) is 7.80. The second-order valence-electron chi connectivity index (χ2n) is 7.91. The van der Waals surface area contributed by atoms with Crippen molar-refractivity contribution < 1.29 is 26.4 Å². The third kappa shape index (κ3) is 4.68. The summed E-state index contributed by atoms with van der Waals surface area (Å²) in [7, 11) is -2.36. The smallest absolute Gasteiger partial charge is 0.347 e. The van der Waals surface area contributed by atoms with Crippen molar-refractivity contribution >= 4 is 27.5 Å². The van der Waals surface area contributed by atoms with Gasteiger partial charge in [-0.2, -0.15) is 22.6 Å². The molecule has 180 valence electrons. The van der Waals surface area contributed by atoms with Crippen LogP contribution in [0.3, 0.4) is 0 Å². The van der Waals surface area contributed by atoms with Crippen molar-refractivity contribution in [2.24, 2.45) is 7.05 Å². The monoisotopic (exact) mass is 512 g/mol. The zero-order valence-corrected chi connectivity index (χ0v) is 19.4. The molecular formula is C22H20ClF3N4O3S. The molecule has 1 N–H and O–H groups in total. The van der Waals surface area contributed by atoms with Gasteiger partial charge in [0.2, 0.25) is 0 Å². The molecule has 1 aromatic heterocycles. The lowest BCUT2D eigenvalue weighted by Gasteiger charge is -2.21. The van der Waals surface area contributed by atoms with Gasteiger partial charge in [-0.15, -0.1) is 0 Å². The highest BCUT2D eigenvalue weighted by molar-refractivity contribution is 7.89. The third-order valence-electron chi connectivity index (χ3n) is 5.67. The van der Waals surface area contributed by atoms with Gasteiger partial charge in [0, 0.05) is 32.3 Å². The van der Waals surface area contributed by atoms with E-state index in [0.717, 1.165) is 17.7 Å². The van der Waals surface area contributed by atoms with Crippen molar-refractivity contribution in [1.82, 2.24) is 19.4 Å². The van der Waals surface area contributed by atoms with Crippen LogP contribution in [0.4, 0.5) is 13.2 Å². The zero-order valence-electron chi connectivity index (χ0n) is 17.8. The Hall–Kier alpha value is -2.89. The Morgan fingerprint density at radius 3 is 2.41 bits per heavy atom. The molecule has 0 aliphatic carbocycles. The van der Waals surface area contributed by atoms with Gasteiger partial charge in [0.05, 0.1) is 22.2 Å². The fourth-order valence-electron chi connectivity index (χ4n) is 3.98. The predicted octanol–water partition coefficient (Wildman–Crippen LogP) is 3.68. The molecule has 7 nitrogen and oxygen atoms in total. The van der Waals surface area contributed by atoms with Crippen LogP contribution in [0.15, 0.2) is 65.8 Å². The molecule has 0 unspecified atom stereocenters. The van der Waals surface area contributed by atoms with E-state index in [2.05, 4.69) is 10.4 Å². The largest absolute Gasteiger partial charge is 0.417 e. The van der Waals surface area contributed by atoms with E-state index in [1.807, 2.05) is 0 Å². The normalized spacial score (nSPS) is 19.3. The number of alkyl halides is 3. The Morgan fingerprint density at radius 2 is 1.79 bits per heavy atom. The lowest BCUT2D eigenvalue weighted by atomic mass is 9.94. The number of hydrogen-bond acceptors (Lipinski definition) is 4. The molecule has 2 atom stereocenters. The summed E-state index contributed by atoms with van der Waals surface area (Å²) in [5.41, 5.74) is -0.678. The number of carbonyl (C=O) groups excluding carboxylic acids is 1. The Bertz CT molecular complexity index is 1310. The molecule has 1 aliphatic rings. The van der Waals surface area contributed by atoms with Gasteiger partial charge in [0.1, 0.15) is 0 Å². The summed E-state index contributed by atoms with van der Waals surface area (Å²) < 4.78 is 68.5. The van der Waals surface area contributed by atoms with Gasteiger partial charge in [-0.1, -0.05) is 48.0 Å². The summed E-state index contributed by atoms with van der Waals surface area (Å²) in [6.45, 7) is -0.0228. The molecule has 3 aromatic rings. The van der Waals surface area contributed by atoms with Crippen LogP contribution in [0.25, 0.3) is 0 Å². The van der Waals surface area contributed by atoms with E-state index in [9.17, 15) is 26.4 Å². The SMILES string of the molecule is Cn1ccc(S(=O)(=O)N2C[C@@H](NC(=O)c3cccc(C(F)(F)F)c3Cl)[C@H](c3ccccc3)C2)n1. The summed E-state index contributed by atoms with van der Waals surface area (Å²) in [5, 5.41) is 5.84. The average molecular weight is 513 g/mol. The Kier molecular flexibility index (Phi) is 6.45. The van der Waals surface area contributed by atoms with Gasteiger partial charge in [-0.25, -0.2) is 8.42 Å². The van der Waals surface area contributed by atoms with E-state index in [1.54, 1.807) is 37.4 Å². The predicted molar refractivity (Wildman–Crippen MR) is 119 cm³/mol. The second-order valence-corrected chi connectivity index (χ2v) is 10.2. The Morgan fingerprint density at radius 1 is 1.09 bits per heavy atom. The molecule has 4 rings (SSSR count). The highest BCUT2D eigenvalue weighted by Gasteiger charge is 2.42. The van der Waals surface area contributed by atoms with Crippen LogP contribution in [0.1, 0.15) is 27.4 Å². The summed E-state index contributed by atoms with van der Waals surface area (Å²) >= 11 is 5.91. The maximum absolute atomic E-state index is 13.2. The van der Waals surface area contributed by atoms with E-state index in [-0.39, 0.29) is 23.7 Å². The Labute approximate surface area is 199 Å². The first-order valence-corrected chi connectivity index (χ1v) is 12.0. The summed E-state index contributed by atoms with van der Waals surface area (Å²) in [6, 6.07) is 12.7. The lowest BCUT2D eigenvalue weighted by Crippen LogP contribution is -2.40. The molecule has 1 fully saturated rings. The number of hydrogen-bond donors (Lipinski definition) is 1. The lowest BCUT2D eigenvalue weighted by molar-refractivity contribution is -0.137. The summed E-state index contributed by atoms with van der Waals surface area (Å²) in [4.78, 5) is 13.0. The molecule has 12 heteroatoms. The second kappa shape index (κ2) is 9.05. The van der Waals surface area contributed by atoms with E-state index in [4.69, 9.17) is 11.6 Å². The molecule has 2 aromatic carbocycles. The maximum atomic E-state index is 13.2. The molecule has 1 aliphatic heterocycles. The van der Waals surface area contributed by atoms with Crippen molar-refractivity contribution in [3.05, 3.63) is 82.5 Å². The number of benzene rings is 2. The molecular weight excluding hydrogens is 493 g/mol. The minimum Gasteiger partial charge on any atom is -0.347 e. The number of halogens is 4. The molecule has 2 heterocycles. The van der Waals surface area contributed by atoms with Crippen LogP contribution >= 0.6 is 11.6 Å². The first-order valence-electron chi connectivity index (χ1n) is 10.2. The van der Waals surface area contributed by atoms with Crippen molar-refractivity contribution in [2.45, 2.75) is 23.2 Å². The average Bonchev–Trinajstić information content (AvgIpc) is 3.41. The number of aromatic nitrogens is 2. The van der Waals surface area contributed by atoms with Gasteiger partial charge in [-0.05, 0) is 23.8 Å². The molecule has 0 saturated carbocycles. The summed E-state index contributed by atoms with van der Waals surface area (Å²) in [6.07, 6.45) is -3.21. The minimum absolute atomic E-state index is 0.0597. The molecule has 34 heavy (non-hydrogen) atoms.